The Morgan fingerprint density at radius 2 is 2.05 bits per heavy atom. The number of carbonyl (C=O) groups is 2. The number of likely N-dealkylation sites (tertiary alicyclic amines) is 1. The zero-order valence-corrected chi connectivity index (χ0v) is 10.9. The lowest BCUT2D eigenvalue weighted by Crippen LogP contribution is -2.45. The largest absolute Gasteiger partial charge is 0.480 e. The number of nitrogens with one attached hydrogen (secondary N) is 1. The van der Waals surface area contributed by atoms with Crippen LogP contribution in [0.25, 0.3) is 0 Å². The minimum Gasteiger partial charge on any atom is -0.480 e. The monoisotopic (exact) mass is 262 g/mol. The normalized spacial score (nSPS) is 22.3. The highest BCUT2D eigenvalue weighted by Crippen LogP contribution is 2.24. The van der Waals surface area contributed by atoms with Crippen LogP contribution in [0.5, 0.6) is 0 Å². The number of hydrogen-bond acceptors (Lipinski definition) is 3. The molecule has 102 valence electrons. The Hall–Kier alpha value is -2.04. The molecule has 1 heterocycles. The van der Waals surface area contributed by atoms with Crippen molar-refractivity contribution < 1.29 is 14.7 Å². The van der Waals surface area contributed by atoms with Crippen molar-refractivity contribution in [1.82, 2.24) is 4.90 Å². The van der Waals surface area contributed by atoms with Crippen LogP contribution >= 0.6 is 0 Å². The van der Waals surface area contributed by atoms with Crippen LogP contribution in [-0.4, -0.2) is 41.0 Å². The molecule has 0 bridgehead atoms. The zero-order chi connectivity index (χ0) is 13.8. The average molecular weight is 262 g/mol. The van der Waals surface area contributed by atoms with Crippen LogP contribution in [0.4, 0.5) is 5.69 Å². The van der Waals surface area contributed by atoms with Crippen LogP contribution in [-0.2, 0) is 9.59 Å². The van der Waals surface area contributed by atoms with E-state index in [1.165, 1.54) is 4.90 Å². The van der Waals surface area contributed by atoms with E-state index in [9.17, 15) is 14.7 Å². The summed E-state index contributed by atoms with van der Waals surface area (Å²) < 4.78 is 0. The van der Waals surface area contributed by atoms with E-state index in [1.807, 2.05) is 37.3 Å². The minimum atomic E-state index is -0.918. The fraction of sp³-hybridized carbons (Fsp3) is 0.429. The van der Waals surface area contributed by atoms with Crippen LogP contribution in [0.15, 0.2) is 30.3 Å². The lowest BCUT2D eigenvalue weighted by molar-refractivity contribution is -0.148. The number of hydrogen-bond donors (Lipinski definition) is 2. The number of carbonyl (C=O) groups excluding carboxylic acids is 1. The molecule has 5 heteroatoms. The van der Waals surface area contributed by atoms with Gasteiger partial charge in [-0.3, -0.25) is 4.79 Å². The third kappa shape index (κ3) is 3.05. The maximum Gasteiger partial charge on any atom is 0.326 e. The summed E-state index contributed by atoms with van der Waals surface area (Å²) in [6, 6.07) is 8.71. The summed E-state index contributed by atoms with van der Waals surface area (Å²) in [5, 5.41) is 12.2. The van der Waals surface area contributed by atoms with Gasteiger partial charge in [0.05, 0.1) is 6.54 Å². The first-order chi connectivity index (χ1) is 9.09. The van der Waals surface area contributed by atoms with Gasteiger partial charge >= 0.3 is 5.97 Å². The second kappa shape index (κ2) is 5.73. The Bertz CT molecular complexity index is 461. The van der Waals surface area contributed by atoms with E-state index in [0.29, 0.717) is 6.54 Å². The molecule has 2 atom stereocenters. The summed E-state index contributed by atoms with van der Waals surface area (Å²) in [4.78, 5) is 24.7. The summed E-state index contributed by atoms with van der Waals surface area (Å²) in [6.07, 6.45) is 0.744. The molecule has 2 N–H and O–H groups in total. The summed E-state index contributed by atoms with van der Waals surface area (Å²) in [5.41, 5.74) is 0.856. The van der Waals surface area contributed by atoms with E-state index in [0.717, 1.165) is 12.1 Å². The molecular weight excluding hydrogens is 244 g/mol. The number of para-hydroxylation sites is 1. The Balaban J connectivity index is 1.95. The first-order valence-corrected chi connectivity index (χ1v) is 6.41. The minimum absolute atomic E-state index is 0.0122. The van der Waals surface area contributed by atoms with Crippen molar-refractivity contribution >= 4 is 17.6 Å². The third-order valence-corrected chi connectivity index (χ3v) is 3.49. The highest BCUT2D eigenvalue weighted by Gasteiger charge is 2.39. The fourth-order valence-corrected chi connectivity index (χ4v) is 2.44. The molecule has 1 saturated heterocycles. The van der Waals surface area contributed by atoms with E-state index >= 15 is 0 Å². The average Bonchev–Trinajstić information content (AvgIpc) is 2.79. The first-order valence-electron chi connectivity index (χ1n) is 6.41. The molecule has 1 fully saturated rings. The molecule has 1 aliphatic heterocycles. The molecule has 2 unspecified atom stereocenters. The van der Waals surface area contributed by atoms with Gasteiger partial charge < -0.3 is 15.3 Å². The van der Waals surface area contributed by atoms with Gasteiger partial charge in [-0.05, 0) is 24.5 Å². The smallest absolute Gasteiger partial charge is 0.326 e. The predicted octanol–water partition coefficient (Wildman–Crippen LogP) is 1.42. The number of benzene rings is 1. The predicted molar refractivity (Wildman–Crippen MR) is 71.8 cm³/mol. The van der Waals surface area contributed by atoms with Crippen molar-refractivity contribution in [2.45, 2.75) is 19.4 Å². The highest BCUT2D eigenvalue weighted by molar-refractivity contribution is 5.87. The number of carboxylic acid groups (broad SMARTS) is 1. The van der Waals surface area contributed by atoms with Gasteiger partial charge in [-0.15, -0.1) is 0 Å². The summed E-state index contributed by atoms with van der Waals surface area (Å²) in [7, 11) is 0. The van der Waals surface area contributed by atoms with Crippen molar-refractivity contribution in [3.63, 3.8) is 0 Å². The summed E-state index contributed by atoms with van der Waals surface area (Å²) in [5.74, 6) is -1.07. The summed E-state index contributed by atoms with van der Waals surface area (Å²) in [6.45, 7) is 2.52. The Morgan fingerprint density at radius 1 is 1.37 bits per heavy atom. The van der Waals surface area contributed by atoms with Crippen molar-refractivity contribution in [3.05, 3.63) is 30.3 Å². The number of nitrogens with zero attached hydrogens (tertiary/aromatic N) is 1. The van der Waals surface area contributed by atoms with Crippen molar-refractivity contribution in [2.75, 3.05) is 18.4 Å². The van der Waals surface area contributed by atoms with Crippen molar-refractivity contribution in [2.24, 2.45) is 5.92 Å². The van der Waals surface area contributed by atoms with Gasteiger partial charge in [0.2, 0.25) is 5.91 Å². The van der Waals surface area contributed by atoms with Crippen LogP contribution in [0, 0.1) is 5.92 Å². The first kappa shape index (κ1) is 13.4. The Labute approximate surface area is 112 Å². The van der Waals surface area contributed by atoms with E-state index in [2.05, 4.69) is 5.32 Å². The zero-order valence-electron chi connectivity index (χ0n) is 10.9. The quantitative estimate of drug-likeness (QED) is 0.861. The molecule has 0 saturated carbocycles. The molecule has 0 radical (unpaired) electrons. The second-order valence-corrected chi connectivity index (χ2v) is 4.86. The number of aliphatic carboxylic acids is 1. The molecule has 0 spiro atoms. The Kier molecular flexibility index (Phi) is 4.04. The van der Waals surface area contributed by atoms with Gasteiger partial charge in [-0.1, -0.05) is 25.1 Å². The summed E-state index contributed by atoms with van der Waals surface area (Å²) >= 11 is 0. The lowest BCUT2D eigenvalue weighted by atomic mass is 10.0. The van der Waals surface area contributed by atoms with Gasteiger partial charge in [0.25, 0.3) is 0 Å². The van der Waals surface area contributed by atoms with Gasteiger partial charge in [0.1, 0.15) is 6.04 Å². The molecule has 0 aliphatic carbocycles. The number of anilines is 1. The van der Waals surface area contributed by atoms with Crippen LogP contribution in [0.3, 0.4) is 0 Å². The molecule has 2 rings (SSSR count). The second-order valence-electron chi connectivity index (χ2n) is 4.86. The van der Waals surface area contributed by atoms with E-state index in [-0.39, 0.29) is 18.4 Å². The fourth-order valence-electron chi connectivity index (χ4n) is 2.44. The molecule has 1 aliphatic rings. The number of rotatable bonds is 4. The van der Waals surface area contributed by atoms with Gasteiger partial charge in [-0.2, -0.15) is 0 Å². The molecule has 19 heavy (non-hydrogen) atoms. The number of amides is 1. The topological polar surface area (TPSA) is 69.6 Å². The molecule has 1 amide bonds. The van der Waals surface area contributed by atoms with Crippen LogP contribution < -0.4 is 5.32 Å². The van der Waals surface area contributed by atoms with Gasteiger partial charge in [0.15, 0.2) is 0 Å². The van der Waals surface area contributed by atoms with E-state index < -0.39 is 12.0 Å². The SMILES string of the molecule is CC1CCN(C(=O)CNc2ccccc2)C1C(=O)O. The van der Waals surface area contributed by atoms with Crippen molar-refractivity contribution in [3.8, 4) is 0 Å². The maximum absolute atomic E-state index is 12.1. The Morgan fingerprint density at radius 3 is 2.68 bits per heavy atom. The lowest BCUT2D eigenvalue weighted by Gasteiger charge is -2.23. The van der Waals surface area contributed by atoms with Gasteiger partial charge in [-0.25, -0.2) is 4.79 Å². The standard InChI is InChI=1S/C14H18N2O3/c1-10-7-8-16(13(10)14(18)19)12(17)9-15-11-5-3-2-4-6-11/h2-6,10,13,15H,7-9H2,1H3,(H,18,19). The highest BCUT2D eigenvalue weighted by atomic mass is 16.4. The third-order valence-electron chi connectivity index (χ3n) is 3.49. The van der Waals surface area contributed by atoms with E-state index in [4.69, 9.17) is 0 Å². The molecule has 1 aromatic rings. The maximum atomic E-state index is 12.1. The molecule has 0 aromatic heterocycles. The van der Waals surface area contributed by atoms with Crippen molar-refractivity contribution in [1.29, 1.82) is 0 Å². The molecule has 1 aromatic carbocycles. The van der Waals surface area contributed by atoms with Gasteiger partial charge in [0, 0.05) is 12.2 Å². The van der Waals surface area contributed by atoms with Crippen LogP contribution in [0.1, 0.15) is 13.3 Å². The molecule has 5 nitrogen and oxygen atoms in total. The number of carboxylic acids is 1. The molecular formula is C14H18N2O3. The van der Waals surface area contributed by atoms with Crippen LogP contribution in [0.2, 0.25) is 0 Å². The van der Waals surface area contributed by atoms with E-state index in [1.54, 1.807) is 0 Å².